The lowest BCUT2D eigenvalue weighted by Crippen LogP contribution is -2.41. The summed E-state index contributed by atoms with van der Waals surface area (Å²) in [5.74, 6) is -1.46. The molecule has 0 aromatic carbocycles. The SMILES string of the molecule is CCCCC(=O)OC1(OC(=O)CCCC)CCCCC1. The fourth-order valence-corrected chi connectivity index (χ4v) is 2.47. The van der Waals surface area contributed by atoms with Crippen molar-refractivity contribution in [1.29, 1.82) is 0 Å². The molecule has 0 N–H and O–H groups in total. The lowest BCUT2D eigenvalue weighted by atomic mass is 9.94. The summed E-state index contributed by atoms with van der Waals surface area (Å²) in [6, 6.07) is 0. The Hall–Kier alpha value is -1.06. The topological polar surface area (TPSA) is 52.6 Å². The minimum Gasteiger partial charge on any atom is -0.422 e. The highest BCUT2D eigenvalue weighted by Crippen LogP contribution is 2.34. The minimum absolute atomic E-state index is 0.239. The molecule has 1 rings (SSSR count). The van der Waals surface area contributed by atoms with E-state index in [0.29, 0.717) is 25.7 Å². The number of ether oxygens (including phenoxy) is 2. The number of esters is 2. The smallest absolute Gasteiger partial charge is 0.309 e. The largest absolute Gasteiger partial charge is 0.422 e. The van der Waals surface area contributed by atoms with Gasteiger partial charge in [-0.15, -0.1) is 0 Å². The molecule has 1 aliphatic rings. The highest BCUT2D eigenvalue weighted by Gasteiger charge is 2.39. The maximum Gasteiger partial charge on any atom is 0.309 e. The van der Waals surface area contributed by atoms with Crippen LogP contribution in [-0.2, 0) is 19.1 Å². The molecule has 0 heterocycles. The molecule has 0 atom stereocenters. The van der Waals surface area contributed by atoms with Crippen LogP contribution < -0.4 is 0 Å². The van der Waals surface area contributed by atoms with Crippen LogP contribution in [0.1, 0.15) is 84.5 Å². The number of carbonyl (C=O) groups is 2. The van der Waals surface area contributed by atoms with Crippen LogP contribution >= 0.6 is 0 Å². The van der Waals surface area contributed by atoms with Crippen LogP contribution in [0.5, 0.6) is 0 Å². The molecule has 116 valence electrons. The Balaban J connectivity index is 2.56. The minimum atomic E-state index is -0.978. The lowest BCUT2D eigenvalue weighted by Gasteiger charge is -2.35. The summed E-state index contributed by atoms with van der Waals surface area (Å²) in [6.07, 6.45) is 8.65. The van der Waals surface area contributed by atoms with Crippen molar-refractivity contribution in [3.8, 4) is 0 Å². The Morgan fingerprint density at radius 1 is 0.850 bits per heavy atom. The quantitative estimate of drug-likeness (QED) is 0.497. The van der Waals surface area contributed by atoms with E-state index >= 15 is 0 Å². The van der Waals surface area contributed by atoms with Crippen LogP contribution in [0.15, 0.2) is 0 Å². The molecular formula is C16H28O4. The van der Waals surface area contributed by atoms with Crippen LogP contribution in [0.4, 0.5) is 0 Å². The van der Waals surface area contributed by atoms with Crippen molar-refractivity contribution >= 4 is 11.9 Å². The fourth-order valence-electron chi connectivity index (χ4n) is 2.47. The second-order valence-electron chi connectivity index (χ2n) is 5.63. The first-order valence-corrected chi connectivity index (χ1v) is 8.05. The second kappa shape index (κ2) is 8.98. The van der Waals surface area contributed by atoms with E-state index in [2.05, 4.69) is 0 Å². The number of hydrogen-bond acceptors (Lipinski definition) is 4. The molecule has 4 nitrogen and oxygen atoms in total. The third-order valence-corrected chi connectivity index (χ3v) is 3.68. The van der Waals surface area contributed by atoms with Gasteiger partial charge in [0, 0.05) is 25.7 Å². The second-order valence-corrected chi connectivity index (χ2v) is 5.63. The molecule has 0 bridgehead atoms. The summed E-state index contributed by atoms with van der Waals surface area (Å²) in [5.41, 5.74) is 0. The molecule has 4 heteroatoms. The van der Waals surface area contributed by atoms with E-state index in [1.807, 2.05) is 13.8 Å². The van der Waals surface area contributed by atoms with Gasteiger partial charge in [-0.25, -0.2) is 0 Å². The van der Waals surface area contributed by atoms with Crippen LogP contribution in [0, 0.1) is 0 Å². The first-order chi connectivity index (χ1) is 9.62. The Morgan fingerprint density at radius 2 is 1.30 bits per heavy atom. The Morgan fingerprint density at radius 3 is 1.70 bits per heavy atom. The number of unbranched alkanes of at least 4 members (excludes halogenated alkanes) is 2. The molecule has 1 saturated carbocycles. The van der Waals surface area contributed by atoms with E-state index in [-0.39, 0.29) is 11.9 Å². The fraction of sp³-hybridized carbons (Fsp3) is 0.875. The Kier molecular flexibility index (Phi) is 7.63. The van der Waals surface area contributed by atoms with Crippen molar-refractivity contribution in [1.82, 2.24) is 0 Å². The summed E-state index contributed by atoms with van der Waals surface area (Å²) < 4.78 is 11.1. The van der Waals surface area contributed by atoms with Gasteiger partial charge in [0.05, 0.1) is 0 Å². The highest BCUT2D eigenvalue weighted by atomic mass is 16.7. The molecule has 0 spiro atoms. The number of rotatable bonds is 8. The third kappa shape index (κ3) is 5.93. The van der Waals surface area contributed by atoms with Gasteiger partial charge < -0.3 is 9.47 Å². The van der Waals surface area contributed by atoms with E-state index in [0.717, 1.165) is 44.9 Å². The predicted molar refractivity (Wildman–Crippen MR) is 77.1 cm³/mol. The van der Waals surface area contributed by atoms with Gasteiger partial charge in [0.1, 0.15) is 0 Å². The first-order valence-electron chi connectivity index (χ1n) is 8.05. The van der Waals surface area contributed by atoms with Crippen molar-refractivity contribution in [3.63, 3.8) is 0 Å². The normalized spacial score (nSPS) is 17.5. The van der Waals surface area contributed by atoms with Crippen molar-refractivity contribution in [3.05, 3.63) is 0 Å². The van der Waals surface area contributed by atoms with Crippen molar-refractivity contribution in [2.45, 2.75) is 90.3 Å². The molecule has 0 amide bonds. The Bertz CT molecular complexity index is 282. The summed E-state index contributed by atoms with van der Waals surface area (Å²) in [4.78, 5) is 23.7. The first kappa shape index (κ1) is 17.0. The zero-order valence-corrected chi connectivity index (χ0v) is 12.9. The van der Waals surface area contributed by atoms with E-state index in [1.165, 1.54) is 0 Å². The molecule has 0 unspecified atom stereocenters. The maximum atomic E-state index is 11.9. The highest BCUT2D eigenvalue weighted by molar-refractivity contribution is 5.72. The monoisotopic (exact) mass is 284 g/mol. The molecule has 1 aliphatic carbocycles. The van der Waals surface area contributed by atoms with Gasteiger partial charge in [-0.3, -0.25) is 9.59 Å². The van der Waals surface area contributed by atoms with Gasteiger partial charge in [-0.1, -0.05) is 33.1 Å². The predicted octanol–water partition coefficient (Wildman–Crippen LogP) is 4.11. The summed E-state index contributed by atoms with van der Waals surface area (Å²) in [5, 5.41) is 0. The molecule has 0 aromatic heterocycles. The van der Waals surface area contributed by atoms with E-state index in [1.54, 1.807) is 0 Å². The molecule has 1 fully saturated rings. The molecule has 0 radical (unpaired) electrons. The summed E-state index contributed by atoms with van der Waals surface area (Å²) in [7, 11) is 0. The van der Waals surface area contributed by atoms with Crippen LogP contribution in [0.25, 0.3) is 0 Å². The van der Waals surface area contributed by atoms with Crippen molar-refractivity contribution in [2.24, 2.45) is 0 Å². The average molecular weight is 284 g/mol. The van der Waals surface area contributed by atoms with Gasteiger partial charge in [-0.2, -0.15) is 0 Å². The zero-order chi connectivity index (χ0) is 14.8. The lowest BCUT2D eigenvalue weighted by molar-refractivity contribution is -0.238. The average Bonchev–Trinajstić information content (AvgIpc) is 2.43. The summed E-state index contributed by atoms with van der Waals surface area (Å²) >= 11 is 0. The van der Waals surface area contributed by atoms with Crippen molar-refractivity contribution in [2.75, 3.05) is 0 Å². The van der Waals surface area contributed by atoms with E-state index in [9.17, 15) is 9.59 Å². The maximum absolute atomic E-state index is 11.9. The van der Waals surface area contributed by atoms with Gasteiger partial charge in [0.2, 0.25) is 0 Å². The van der Waals surface area contributed by atoms with Gasteiger partial charge in [0.15, 0.2) is 0 Å². The standard InChI is InChI=1S/C16H28O4/c1-3-5-10-14(17)19-16(12-8-7-9-13-16)20-15(18)11-6-4-2/h3-13H2,1-2H3. The van der Waals surface area contributed by atoms with Crippen LogP contribution in [0.3, 0.4) is 0 Å². The van der Waals surface area contributed by atoms with Gasteiger partial charge >= 0.3 is 11.9 Å². The van der Waals surface area contributed by atoms with E-state index in [4.69, 9.17) is 9.47 Å². The number of hydrogen-bond donors (Lipinski definition) is 0. The zero-order valence-electron chi connectivity index (χ0n) is 12.9. The van der Waals surface area contributed by atoms with Crippen molar-refractivity contribution < 1.29 is 19.1 Å². The molecule has 20 heavy (non-hydrogen) atoms. The number of carbonyl (C=O) groups excluding carboxylic acids is 2. The Labute approximate surface area is 122 Å². The van der Waals surface area contributed by atoms with E-state index < -0.39 is 5.79 Å². The van der Waals surface area contributed by atoms with Crippen LogP contribution in [0.2, 0.25) is 0 Å². The van der Waals surface area contributed by atoms with Gasteiger partial charge in [-0.05, 0) is 25.7 Å². The molecule has 0 saturated heterocycles. The molecular weight excluding hydrogens is 256 g/mol. The third-order valence-electron chi connectivity index (χ3n) is 3.68. The summed E-state index contributed by atoms with van der Waals surface area (Å²) in [6.45, 7) is 4.07. The van der Waals surface area contributed by atoms with Gasteiger partial charge in [0.25, 0.3) is 5.79 Å². The molecule has 0 aliphatic heterocycles. The van der Waals surface area contributed by atoms with Crippen LogP contribution in [-0.4, -0.2) is 17.7 Å². The molecule has 0 aromatic rings.